The van der Waals surface area contributed by atoms with E-state index >= 15 is 0 Å². The van der Waals surface area contributed by atoms with E-state index in [2.05, 4.69) is 37.5 Å². The van der Waals surface area contributed by atoms with Gasteiger partial charge in [0.2, 0.25) is 5.91 Å². The number of amides is 1. The smallest absolute Gasteiger partial charge is 0.242 e. The van der Waals surface area contributed by atoms with Gasteiger partial charge in [0.1, 0.15) is 6.04 Å². The van der Waals surface area contributed by atoms with E-state index in [1.807, 2.05) is 18.2 Å². The predicted octanol–water partition coefficient (Wildman–Crippen LogP) is 2.43. The molecule has 2 atom stereocenters. The van der Waals surface area contributed by atoms with Gasteiger partial charge in [0, 0.05) is 18.7 Å². The van der Waals surface area contributed by atoms with Crippen molar-refractivity contribution in [3.8, 4) is 0 Å². The van der Waals surface area contributed by atoms with Gasteiger partial charge in [-0.05, 0) is 23.5 Å². The minimum atomic E-state index is -0.109. The van der Waals surface area contributed by atoms with Crippen LogP contribution in [0.4, 0.5) is 5.69 Å². The number of para-hydroxylation sites is 1. The van der Waals surface area contributed by atoms with Crippen molar-refractivity contribution in [3.05, 3.63) is 29.8 Å². The lowest BCUT2D eigenvalue weighted by Gasteiger charge is -2.18. The summed E-state index contributed by atoms with van der Waals surface area (Å²) >= 11 is 0. The highest BCUT2D eigenvalue weighted by molar-refractivity contribution is 5.87. The van der Waals surface area contributed by atoms with E-state index in [0.717, 1.165) is 18.7 Å². The monoisotopic (exact) mass is 246 g/mol. The maximum absolute atomic E-state index is 12.1. The van der Waals surface area contributed by atoms with Gasteiger partial charge in [-0.25, -0.2) is 0 Å². The molecule has 1 heterocycles. The average Bonchev–Trinajstić information content (AvgIpc) is 2.79. The van der Waals surface area contributed by atoms with E-state index in [1.165, 1.54) is 5.56 Å². The van der Waals surface area contributed by atoms with Crippen molar-refractivity contribution in [2.24, 2.45) is 11.8 Å². The maximum Gasteiger partial charge on any atom is 0.242 e. The van der Waals surface area contributed by atoms with Crippen molar-refractivity contribution >= 4 is 11.6 Å². The van der Waals surface area contributed by atoms with Crippen molar-refractivity contribution < 1.29 is 4.79 Å². The van der Waals surface area contributed by atoms with E-state index in [-0.39, 0.29) is 11.9 Å². The van der Waals surface area contributed by atoms with Crippen molar-refractivity contribution in [2.75, 3.05) is 11.9 Å². The molecule has 18 heavy (non-hydrogen) atoms. The number of anilines is 1. The van der Waals surface area contributed by atoms with Crippen LogP contribution in [-0.4, -0.2) is 18.5 Å². The Hall–Kier alpha value is -1.51. The highest BCUT2D eigenvalue weighted by Crippen LogP contribution is 2.25. The van der Waals surface area contributed by atoms with Gasteiger partial charge < -0.3 is 10.6 Å². The number of benzene rings is 1. The second kappa shape index (κ2) is 5.42. The standard InChI is InChI=1S/C15H22N2O/c1-10(2)11(3)9-16-15(18)14-8-12-6-4-5-7-13(12)17-14/h4-7,10-11,14,17H,8-9H2,1-3H3,(H,16,18). The largest absolute Gasteiger partial charge is 0.373 e. The summed E-state index contributed by atoms with van der Waals surface area (Å²) in [7, 11) is 0. The van der Waals surface area contributed by atoms with Crippen LogP contribution in [0.1, 0.15) is 26.3 Å². The number of hydrogen-bond donors (Lipinski definition) is 2. The molecule has 0 fully saturated rings. The summed E-state index contributed by atoms with van der Waals surface area (Å²) in [5.41, 5.74) is 2.32. The quantitative estimate of drug-likeness (QED) is 0.856. The number of carbonyl (C=O) groups is 1. The van der Waals surface area contributed by atoms with E-state index in [1.54, 1.807) is 0 Å². The molecule has 0 spiro atoms. The highest BCUT2D eigenvalue weighted by atomic mass is 16.2. The first-order chi connectivity index (χ1) is 8.58. The third-order valence-electron chi connectivity index (χ3n) is 3.82. The molecule has 2 unspecified atom stereocenters. The van der Waals surface area contributed by atoms with Crippen LogP contribution in [0.15, 0.2) is 24.3 Å². The molecule has 1 aromatic rings. The van der Waals surface area contributed by atoms with Gasteiger partial charge in [-0.2, -0.15) is 0 Å². The van der Waals surface area contributed by atoms with E-state index in [9.17, 15) is 4.79 Å². The van der Waals surface area contributed by atoms with Crippen LogP contribution in [0.2, 0.25) is 0 Å². The molecule has 1 aromatic carbocycles. The number of carbonyl (C=O) groups excluding carboxylic acids is 1. The number of nitrogens with one attached hydrogen (secondary N) is 2. The normalized spacial score (nSPS) is 19.2. The molecular formula is C15H22N2O. The molecule has 3 heteroatoms. The second-order valence-corrected chi connectivity index (χ2v) is 5.52. The molecule has 3 nitrogen and oxygen atoms in total. The Balaban J connectivity index is 1.86. The molecule has 2 rings (SSSR count). The Morgan fingerprint density at radius 2 is 2.11 bits per heavy atom. The van der Waals surface area contributed by atoms with Crippen LogP contribution >= 0.6 is 0 Å². The average molecular weight is 246 g/mol. The second-order valence-electron chi connectivity index (χ2n) is 5.52. The molecular weight excluding hydrogens is 224 g/mol. The van der Waals surface area contributed by atoms with Gasteiger partial charge in [0.05, 0.1) is 0 Å². The topological polar surface area (TPSA) is 41.1 Å². The van der Waals surface area contributed by atoms with Crippen LogP contribution in [0.5, 0.6) is 0 Å². The summed E-state index contributed by atoms with van der Waals surface area (Å²) in [5.74, 6) is 1.22. The maximum atomic E-state index is 12.1. The fraction of sp³-hybridized carbons (Fsp3) is 0.533. The Kier molecular flexibility index (Phi) is 3.90. The van der Waals surface area contributed by atoms with Gasteiger partial charge >= 0.3 is 0 Å². The highest BCUT2D eigenvalue weighted by Gasteiger charge is 2.26. The number of rotatable bonds is 4. The summed E-state index contributed by atoms with van der Waals surface area (Å²) in [6.45, 7) is 7.29. The molecule has 0 radical (unpaired) electrons. The molecule has 1 aliphatic heterocycles. The third kappa shape index (κ3) is 2.84. The summed E-state index contributed by atoms with van der Waals surface area (Å²) in [4.78, 5) is 12.1. The predicted molar refractivity (Wildman–Crippen MR) is 74.6 cm³/mol. The van der Waals surface area contributed by atoms with Gasteiger partial charge in [-0.1, -0.05) is 39.0 Å². The first-order valence-electron chi connectivity index (χ1n) is 6.70. The van der Waals surface area contributed by atoms with Crippen LogP contribution < -0.4 is 10.6 Å². The van der Waals surface area contributed by atoms with Gasteiger partial charge in [-0.15, -0.1) is 0 Å². The molecule has 2 N–H and O–H groups in total. The first kappa shape index (κ1) is 12.9. The van der Waals surface area contributed by atoms with Crippen LogP contribution in [-0.2, 0) is 11.2 Å². The van der Waals surface area contributed by atoms with Gasteiger partial charge in [0.15, 0.2) is 0 Å². The summed E-state index contributed by atoms with van der Waals surface area (Å²) < 4.78 is 0. The Morgan fingerprint density at radius 3 is 2.78 bits per heavy atom. The van der Waals surface area contributed by atoms with Crippen LogP contribution in [0.25, 0.3) is 0 Å². The molecule has 98 valence electrons. The fourth-order valence-electron chi connectivity index (χ4n) is 2.08. The fourth-order valence-corrected chi connectivity index (χ4v) is 2.08. The summed E-state index contributed by atoms with van der Waals surface area (Å²) in [5, 5.41) is 6.31. The Bertz CT molecular complexity index is 403. The van der Waals surface area contributed by atoms with E-state index in [4.69, 9.17) is 0 Å². The summed E-state index contributed by atoms with van der Waals surface area (Å²) in [6, 6.07) is 8.00. The Morgan fingerprint density at radius 1 is 1.39 bits per heavy atom. The van der Waals surface area contributed by atoms with Gasteiger partial charge in [0.25, 0.3) is 0 Å². The van der Waals surface area contributed by atoms with E-state index < -0.39 is 0 Å². The van der Waals surface area contributed by atoms with Gasteiger partial charge in [-0.3, -0.25) is 4.79 Å². The van der Waals surface area contributed by atoms with Crippen molar-refractivity contribution in [1.29, 1.82) is 0 Å². The third-order valence-corrected chi connectivity index (χ3v) is 3.82. The van der Waals surface area contributed by atoms with Crippen molar-refractivity contribution in [1.82, 2.24) is 5.32 Å². The first-order valence-corrected chi connectivity index (χ1v) is 6.70. The van der Waals surface area contributed by atoms with E-state index in [0.29, 0.717) is 11.8 Å². The minimum Gasteiger partial charge on any atom is -0.373 e. The number of hydrogen-bond acceptors (Lipinski definition) is 2. The zero-order valence-electron chi connectivity index (χ0n) is 11.4. The molecule has 1 amide bonds. The van der Waals surface area contributed by atoms with Crippen molar-refractivity contribution in [3.63, 3.8) is 0 Å². The molecule has 0 saturated carbocycles. The lowest BCUT2D eigenvalue weighted by atomic mass is 9.98. The minimum absolute atomic E-state index is 0.109. The van der Waals surface area contributed by atoms with Crippen LogP contribution in [0.3, 0.4) is 0 Å². The van der Waals surface area contributed by atoms with Crippen LogP contribution in [0, 0.1) is 11.8 Å². The molecule has 0 aliphatic carbocycles. The Labute approximate surface area is 109 Å². The molecule has 1 aliphatic rings. The van der Waals surface area contributed by atoms with Crippen molar-refractivity contribution in [2.45, 2.75) is 33.2 Å². The zero-order chi connectivity index (χ0) is 13.1. The molecule has 0 saturated heterocycles. The summed E-state index contributed by atoms with van der Waals surface area (Å²) in [6.07, 6.45) is 0.790. The SMILES string of the molecule is CC(C)C(C)CNC(=O)C1Cc2ccccc2N1. The molecule has 0 aromatic heterocycles. The lowest BCUT2D eigenvalue weighted by Crippen LogP contribution is -2.40. The molecule has 0 bridgehead atoms. The lowest BCUT2D eigenvalue weighted by molar-refractivity contribution is -0.121. The number of fused-ring (bicyclic) bond motifs is 1. The zero-order valence-corrected chi connectivity index (χ0v) is 11.4.